The summed E-state index contributed by atoms with van der Waals surface area (Å²) in [6.07, 6.45) is 7.67. The molecular weight excluding hydrogens is 348 g/mol. The summed E-state index contributed by atoms with van der Waals surface area (Å²) < 4.78 is 2.09. The van der Waals surface area contributed by atoms with Gasteiger partial charge in [-0.3, -0.25) is 9.38 Å². The molecule has 1 aromatic carbocycles. The Hall–Kier alpha value is -3.25. The van der Waals surface area contributed by atoms with Crippen molar-refractivity contribution in [2.24, 2.45) is 0 Å². The largest absolute Gasteiger partial charge is 0.354 e. The molecule has 1 aliphatic heterocycles. The normalized spacial score (nSPS) is 15.2. The molecule has 1 fully saturated rings. The van der Waals surface area contributed by atoms with Gasteiger partial charge in [0.2, 0.25) is 0 Å². The van der Waals surface area contributed by atoms with Crippen LogP contribution in [-0.4, -0.2) is 57.5 Å². The van der Waals surface area contributed by atoms with Crippen molar-refractivity contribution >= 4 is 11.5 Å². The number of nitrogens with zero attached hydrogens (tertiary/aromatic N) is 6. The highest BCUT2D eigenvalue weighted by atomic mass is 15.3. The highest BCUT2D eigenvalue weighted by Gasteiger charge is 2.15. The zero-order valence-corrected chi connectivity index (χ0v) is 15.9. The van der Waals surface area contributed by atoms with Gasteiger partial charge in [0.25, 0.3) is 0 Å². The molecule has 1 saturated heterocycles. The van der Waals surface area contributed by atoms with Gasteiger partial charge in [-0.05, 0) is 19.2 Å². The third-order valence-electron chi connectivity index (χ3n) is 5.34. The molecule has 0 saturated carbocycles. The molecule has 0 N–H and O–H groups in total. The number of rotatable bonds is 3. The van der Waals surface area contributed by atoms with Crippen LogP contribution in [0.1, 0.15) is 0 Å². The minimum absolute atomic E-state index is 0.838. The fraction of sp³-hybridized carbons (Fsp3) is 0.227. The lowest BCUT2D eigenvalue weighted by atomic mass is 10.1. The van der Waals surface area contributed by atoms with Crippen LogP contribution in [0.2, 0.25) is 0 Å². The minimum atomic E-state index is 0.838. The summed E-state index contributed by atoms with van der Waals surface area (Å²) in [5, 5.41) is 0. The van der Waals surface area contributed by atoms with E-state index >= 15 is 0 Å². The second-order valence-corrected chi connectivity index (χ2v) is 7.21. The highest BCUT2D eigenvalue weighted by molar-refractivity contribution is 5.66. The van der Waals surface area contributed by atoms with E-state index in [0.717, 1.165) is 60.2 Å². The quantitative estimate of drug-likeness (QED) is 0.554. The average molecular weight is 370 g/mol. The van der Waals surface area contributed by atoms with Crippen molar-refractivity contribution in [2.45, 2.75) is 0 Å². The molecule has 0 spiro atoms. The van der Waals surface area contributed by atoms with E-state index in [1.165, 1.54) is 0 Å². The molecule has 0 amide bonds. The van der Waals surface area contributed by atoms with Crippen LogP contribution in [0.15, 0.2) is 67.3 Å². The summed E-state index contributed by atoms with van der Waals surface area (Å²) in [4.78, 5) is 18.5. The van der Waals surface area contributed by atoms with Gasteiger partial charge in [0.1, 0.15) is 5.82 Å². The molecule has 3 aromatic heterocycles. The van der Waals surface area contributed by atoms with E-state index in [9.17, 15) is 0 Å². The van der Waals surface area contributed by atoms with E-state index in [0.29, 0.717) is 0 Å². The van der Waals surface area contributed by atoms with E-state index in [-0.39, 0.29) is 0 Å². The third kappa shape index (κ3) is 3.12. The van der Waals surface area contributed by atoms with Crippen LogP contribution in [0.5, 0.6) is 0 Å². The number of aromatic nitrogens is 4. The Morgan fingerprint density at radius 2 is 1.57 bits per heavy atom. The van der Waals surface area contributed by atoms with E-state index in [2.05, 4.69) is 55.5 Å². The monoisotopic (exact) mass is 370 g/mol. The predicted molar refractivity (Wildman–Crippen MR) is 111 cm³/mol. The molecule has 5 rings (SSSR count). The first-order chi connectivity index (χ1) is 13.8. The van der Waals surface area contributed by atoms with Crippen molar-refractivity contribution in [2.75, 3.05) is 38.1 Å². The maximum absolute atomic E-state index is 4.69. The number of benzene rings is 1. The molecule has 4 heterocycles. The lowest BCUT2D eigenvalue weighted by Crippen LogP contribution is -2.44. The summed E-state index contributed by atoms with van der Waals surface area (Å²) >= 11 is 0. The highest BCUT2D eigenvalue weighted by Crippen LogP contribution is 2.24. The Labute approximate surface area is 164 Å². The van der Waals surface area contributed by atoms with E-state index in [1.807, 2.05) is 43.0 Å². The van der Waals surface area contributed by atoms with E-state index < -0.39 is 0 Å². The van der Waals surface area contributed by atoms with Crippen LogP contribution in [0.25, 0.3) is 28.2 Å². The second kappa shape index (κ2) is 7.05. The number of likely N-dealkylation sites (N-methyl/N-ethyl adjacent to an activating group) is 1. The molecule has 0 bridgehead atoms. The first kappa shape index (κ1) is 16.9. The van der Waals surface area contributed by atoms with Crippen LogP contribution < -0.4 is 4.90 Å². The number of fused-ring (bicyclic) bond motifs is 1. The Morgan fingerprint density at radius 1 is 0.750 bits per heavy atom. The summed E-state index contributed by atoms with van der Waals surface area (Å²) in [5.74, 6) is 1.03. The zero-order valence-electron chi connectivity index (χ0n) is 15.9. The lowest BCUT2D eigenvalue weighted by Gasteiger charge is -2.33. The Kier molecular flexibility index (Phi) is 4.25. The van der Waals surface area contributed by atoms with Gasteiger partial charge < -0.3 is 9.80 Å². The fourth-order valence-electron chi connectivity index (χ4n) is 3.62. The van der Waals surface area contributed by atoms with Crippen LogP contribution >= 0.6 is 0 Å². The molecular formula is C22H22N6. The summed E-state index contributed by atoms with van der Waals surface area (Å²) in [6, 6.07) is 14.5. The number of imidazole rings is 1. The maximum atomic E-state index is 4.69. The van der Waals surface area contributed by atoms with E-state index in [1.54, 1.807) is 0 Å². The molecule has 6 nitrogen and oxygen atoms in total. The van der Waals surface area contributed by atoms with Crippen molar-refractivity contribution in [3.05, 3.63) is 67.3 Å². The molecule has 6 heteroatoms. The smallest absolute Gasteiger partial charge is 0.155 e. The summed E-state index contributed by atoms with van der Waals surface area (Å²) in [5.41, 5.74) is 4.93. The second-order valence-electron chi connectivity index (χ2n) is 7.21. The number of anilines is 1. The van der Waals surface area contributed by atoms with Gasteiger partial charge >= 0.3 is 0 Å². The first-order valence-electron chi connectivity index (χ1n) is 9.56. The van der Waals surface area contributed by atoms with Gasteiger partial charge in [0.15, 0.2) is 5.65 Å². The molecule has 4 aromatic rings. The van der Waals surface area contributed by atoms with Gasteiger partial charge in [-0.25, -0.2) is 9.97 Å². The van der Waals surface area contributed by atoms with Gasteiger partial charge in [0.05, 0.1) is 23.8 Å². The minimum Gasteiger partial charge on any atom is -0.354 e. The maximum Gasteiger partial charge on any atom is 0.155 e. The van der Waals surface area contributed by atoms with Crippen molar-refractivity contribution in [1.82, 2.24) is 24.3 Å². The fourth-order valence-corrected chi connectivity index (χ4v) is 3.62. The molecule has 0 atom stereocenters. The molecule has 28 heavy (non-hydrogen) atoms. The zero-order chi connectivity index (χ0) is 18.9. The van der Waals surface area contributed by atoms with Gasteiger partial charge in [-0.1, -0.05) is 30.3 Å². The molecule has 1 aliphatic rings. The van der Waals surface area contributed by atoms with Crippen LogP contribution in [0, 0.1) is 0 Å². The molecule has 0 radical (unpaired) electrons. The SMILES string of the molecule is CN1CCN(c2ccc(-c3cn4c(-c5ccccc5)cnc4cn3)cn2)CC1. The number of pyridine rings is 1. The summed E-state index contributed by atoms with van der Waals surface area (Å²) in [7, 11) is 2.16. The Morgan fingerprint density at radius 3 is 2.32 bits per heavy atom. The first-order valence-corrected chi connectivity index (χ1v) is 9.56. The topological polar surface area (TPSA) is 49.6 Å². The Balaban J connectivity index is 1.46. The summed E-state index contributed by atoms with van der Waals surface area (Å²) in [6.45, 7) is 4.18. The molecule has 0 aliphatic carbocycles. The van der Waals surface area contributed by atoms with Gasteiger partial charge in [-0.15, -0.1) is 0 Å². The van der Waals surface area contributed by atoms with E-state index in [4.69, 9.17) is 4.98 Å². The van der Waals surface area contributed by atoms with Crippen LogP contribution in [0.4, 0.5) is 5.82 Å². The van der Waals surface area contributed by atoms with Gasteiger partial charge in [-0.2, -0.15) is 0 Å². The standard InChI is InChI=1S/C22H22N6/c1-26-9-11-27(12-10-26)21-8-7-18(13-24-21)19-16-28-20(14-25-22(28)15-23-19)17-5-3-2-4-6-17/h2-8,13-16H,9-12H2,1H3. The van der Waals surface area contributed by atoms with Crippen molar-refractivity contribution in [3.8, 4) is 22.5 Å². The van der Waals surface area contributed by atoms with Crippen molar-refractivity contribution in [1.29, 1.82) is 0 Å². The Bertz CT molecular complexity index is 1080. The van der Waals surface area contributed by atoms with Crippen LogP contribution in [0.3, 0.4) is 0 Å². The van der Waals surface area contributed by atoms with Gasteiger partial charge in [0, 0.05) is 49.7 Å². The lowest BCUT2D eigenvalue weighted by molar-refractivity contribution is 0.312. The van der Waals surface area contributed by atoms with Crippen LogP contribution in [-0.2, 0) is 0 Å². The number of hydrogen-bond donors (Lipinski definition) is 0. The van der Waals surface area contributed by atoms with Crippen molar-refractivity contribution < 1.29 is 0 Å². The number of hydrogen-bond acceptors (Lipinski definition) is 5. The number of piperazine rings is 1. The third-order valence-corrected chi connectivity index (χ3v) is 5.34. The average Bonchev–Trinajstić information content (AvgIpc) is 3.18. The molecule has 140 valence electrons. The van der Waals surface area contributed by atoms with Crippen molar-refractivity contribution in [3.63, 3.8) is 0 Å². The predicted octanol–water partition coefficient (Wildman–Crippen LogP) is 3.21. The molecule has 0 unspecified atom stereocenters.